The molecule has 1 aliphatic rings. The maximum absolute atomic E-state index is 9.96. The number of aliphatic imine (C=N–C) groups is 2. The number of nitrogens with zero attached hydrogens (tertiary/aromatic N) is 2. The van der Waals surface area contributed by atoms with Crippen LogP contribution in [0, 0.1) is 0 Å². The summed E-state index contributed by atoms with van der Waals surface area (Å²) >= 11 is 0. The molecule has 0 saturated carbocycles. The number of nitrogens with two attached hydrogens (primary N) is 4. The molecule has 11 heteroatoms. The zero-order chi connectivity index (χ0) is 14.7. The second kappa shape index (κ2) is 9.11. The van der Waals surface area contributed by atoms with Gasteiger partial charge in [-0.3, -0.25) is 0 Å². The van der Waals surface area contributed by atoms with E-state index in [1.807, 2.05) is 0 Å². The number of hydrogen-bond acceptors (Lipinski definition) is 5. The lowest BCUT2D eigenvalue weighted by Gasteiger charge is -2.20. The summed E-state index contributed by atoms with van der Waals surface area (Å²) in [6, 6.07) is -0.989. The van der Waals surface area contributed by atoms with Gasteiger partial charge in [-0.15, -0.1) is 24.8 Å². The lowest BCUT2D eigenvalue weighted by Crippen LogP contribution is -2.40. The Morgan fingerprint density at radius 3 is 1.38 bits per heavy atom. The maximum atomic E-state index is 9.96. The summed E-state index contributed by atoms with van der Waals surface area (Å²) in [5, 5.41) is 19.9. The highest BCUT2D eigenvalue weighted by atomic mass is 35.5. The van der Waals surface area contributed by atoms with Crippen LogP contribution < -0.4 is 22.9 Å². The molecule has 1 fully saturated rings. The molecular weight excluding hydrogens is 323 g/mol. The van der Waals surface area contributed by atoms with E-state index in [1.165, 1.54) is 0 Å². The molecule has 0 spiro atoms. The molecule has 0 aromatic heterocycles. The molecule has 0 radical (unpaired) electrons. The van der Waals surface area contributed by atoms with Gasteiger partial charge in [-0.05, 0) is 13.8 Å². The van der Waals surface area contributed by atoms with Crippen LogP contribution in [0.2, 0.25) is 0 Å². The van der Waals surface area contributed by atoms with Gasteiger partial charge >= 0.3 is 0 Å². The zero-order valence-corrected chi connectivity index (χ0v) is 13.4. The summed E-state index contributed by atoms with van der Waals surface area (Å²) in [6.07, 6.45) is -3.67. The fraction of sp³-hybridized carbons (Fsp3) is 0.800. The van der Waals surface area contributed by atoms with Crippen LogP contribution in [0.15, 0.2) is 9.98 Å². The Hall–Kier alpha value is -1.00. The topological polar surface area (TPSA) is 178 Å². The molecule has 0 aromatic rings. The summed E-state index contributed by atoms with van der Waals surface area (Å²) < 4.78 is 5.57. The number of ether oxygens (including phenoxy) is 1. The van der Waals surface area contributed by atoms with Gasteiger partial charge in [0.2, 0.25) is 0 Å². The van der Waals surface area contributed by atoms with Crippen molar-refractivity contribution in [3.63, 3.8) is 0 Å². The first-order valence-electron chi connectivity index (χ1n) is 5.93. The van der Waals surface area contributed by atoms with Gasteiger partial charge in [0.15, 0.2) is 11.9 Å². The van der Waals surface area contributed by atoms with Gasteiger partial charge in [-0.1, -0.05) is 0 Å². The summed E-state index contributed by atoms with van der Waals surface area (Å²) in [4.78, 5) is 7.78. The number of guanidine groups is 2. The molecule has 9 nitrogen and oxygen atoms in total. The molecule has 1 heterocycles. The van der Waals surface area contributed by atoms with E-state index in [2.05, 4.69) is 9.98 Å². The minimum absolute atomic E-state index is 0. The van der Waals surface area contributed by atoms with E-state index in [4.69, 9.17) is 27.7 Å². The van der Waals surface area contributed by atoms with E-state index in [-0.39, 0.29) is 36.7 Å². The van der Waals surface area contributed by atoms with Gasteiger partial charge in [0.25, 0.3) is 0 Å². The van der Waals surface area contributed by atoms with E-state index >= 15 is 0 Å². The van der Waals surface area contributed by atoms with Crippen molar-refractivity contribution >= 4 is 36.7 Å². The lowest BCUT2D eigenvalue weighted by molar-refractivity contribution is -0.00980. The summed E-state index contributed by atoms with van der Waals surface area (Å²) in [6.45, 7) is 3.35. The average molecular weight is 347 g/mol. The van der Waals surface area contributed by atoms with Crippen LogP contribution in [0.5, 0.6) is 0 Å². The first kappa shape index (κ1) is 22.3. The molecule has 0 bridgehead atoms. The molecule has 1 rings (SSSR count). The maximum Gasteiger partial charge on any atom is 0.186 e. The summed E-state index contributed by atoms with van der Waals surface area (Å²) in [5.74, 6) is -0.225. The Morgan fingerprint density at radius 2 is 1.14 bits per heavy atom. The van der Waals surface area contributed by atoms with Crippen molar-refractivity contribution in [3.05, 3.63) is 0 Å². The van der Waals surface area contributed by atoms with Crippen LogP contribution in [-0.2, 0) is 4.74 Å². The number of halogens is 2. The zero-order valence-electron chi connectivity index (χ0n) is 11.8. The Morgan fingerprint density at radius 1 is 0.857 bits per heavy atom. The molecule has 10 N–H and O–H groups in total. The summed E-state index contributed by atoms with van der Waals surface area (Å²) in [7, 11) is 0. The Bertz CT molecular complexity index is 342. The molecule has 2 unspecified atom stereocenters. The molecule has 126 valence electrons. The average Bonchev–Trinajstić information content (AvgIpc) is 2.54. The van der Waals surface area contributed by atoms with Crippen LogP contribution in [-0.4, -0.2) is 58.6 Å². The SMILES string of the molecule is CC(N=C(N)N)[C@H]1O[C@H](C(C)N=C(N)N)[C@@H](O)[C@@H]1O.Cl.Cl. The van der Waals surface area contributed by atoms with E-state index < -0.39 is 36.5 Å². The second-order valence-electron chi connectivity index (χ2n) is 4.64. The molecule has 6 atom stereocenters. The number of aliphatic hydroxyl groups is 2. The minimum Gasteiger partial charge on any atom is -0.388 e. The monoisotopic (exact) mass is 346 g/mol. The van der Waals surface area contributed by atoms with Crippen LogP contribution >= 0.6 is 24.8 Å². The highest BCUT2D eigenvalue weighted by molar-refractivity contribution is 5.85. The van der Waals surface area contributed by atoms with Crippen molar-refractivity contribution in [2.24, 2.45) is 32.9 Å². The standard InChI is InChI=1S/C10H22N6O3.2ClH/c1-3(15-9(11)12)7-5(17)6(18)8(19-7)4(2)16-10(13)14;;/h3-8,17-18H,1-2H3,(H4,11,12,15)(H4,13,14,16);2*1H/t3?,4?,5-,6-,7+,8+;;/m0../s1. The smallest absolute Gasteiger partial charge is 0.186 e. The fourth-order valence-electron chi connectivity index (χ4n) is 2.15. The second-order valence-corrected chi connectivity index (χ2v) is 4.64. The van der Waals surface area contributed by atoms with Crippen LogP contribution in [0.4, 0.5) is 0 Å². The van der Waals surface area contributed by atoms with Crippen molar-refractivity contribution in [3.8, 4) is 0 Å². The predicted molar refractivity (Wildman–Crippen MR) is 85.7 cm³/mol. The molecule has 21 heavy (non-hydrogen) atoms. The Kier molecular flexibility index (Phi) is 9.66. The molecular formula is C10H24Cl2N6O3. The third-order valence-electron chi connectivity index (χ3n) is 2.99. The quantitative estimate of drug-likeness (QED) is 0.243. The van der Waals surface area contributed by atoms with Crippen molar-refractivity contribution in [2.45, 2.75) is 50.3 Å². The first-order chi connectivity index (χ1) is 8.73. The number of rotatable bonds is 4. The van der Waals surface area contributed by atoms with Crippen molar-refractivity contribution in [2.75, 3.05) is 0 Å². The Labute approximate surface area is 135 Å². The highest BCUT2D eigenvalue weighted by Crippen LogP contribution is 2.27. The Balaban J connectivity index is 0. The van der Waals surface area contributed by atoms with Crippen molar-refractivity contribution in [1.82, 2.24) is 0 Å². The largest absolute Gasteiger partial charge is 0.388 e. The first-order valence-corrected chi connectivity index (χ1v) is 5.93. The van der Waals surface area contributed by atoms with E-state index in [1.54, 1.807) is 13.8 Å². The molecule has 1 saturated heterocycles. The third kappa shape index (κ3) is 5.71. The normalized spacial score (nSPS) is 30.3. The number of hydrogen-bond donors (Lipinski definition) is 6. The van der Waals surface area contributed by atoms with E-state index in [0.29, 0.717) is 0 Å². The van der Waals surface area contributed by atoms with Crippen LogP contribution in [0.1, 0.15) is 13.8 Å². The van der Waals surface area contributed by atoms with Crippen molar-refractivity contribution in [1.29, 1.82) is 0 Å². The van der Waals surface area contributed by atoms with Gasteiger partial charge in [-0.25, -0.2) is 9.98 Å². The van der Waals surface area contributed by atoms with Gasteiger partial charge in [0, 0.05) is 0 Å². The van der Waals surface area contributed by atoms with Crippen LogP contribution in [0.3, 0.4) is 0 Å². The molecule has 0 aliphatic carbocycles. The molecule has 1 aliphatic heterocycles. The van der Waals surface area contributed by atoms with Gasteiger partial charge in [-0.2, -0.15) is 0 Å². The fourth-order valence-corrected chi connectivity index (χ4v) is 2.15. The molecule has 0 aromatic carbocycles. The van der Waals surface area contributed by atoms with E-state index in [0.717, 1.165) is 0 Å². The van der Waals surface area contributed by atoms with Gasteiger partial charge in [0.05, 0.1) is 12.1 Å². The highest BCUT2D eigenvalue weighted by Gasteiger charge is 2.47. The molecule has 0 amide bonds. The summed E-state index contributed by atoms with van der Waals surface area (Å²) in [5.41, 5.74) is 21.1. The number of aliphatic hydroxyl groups excluding tert-OH is 2. The van der Waals surface area contributed by atoms with Gasteiger partial charge in [0.1, 0.15) is 24.4 Å². The predicted octanol–water partition coefficient (Wildman–Crippen LogP) is -2.36. The minimum atomic E-state index is -1.11. The van der Waals surface area contributed by atoms with Gasteiger partial charge < -0.3 is 37.9 Å². The third-order valence-corrected chi connectivity index (χ3v) is 2.99. The lowest BCUT2D eigenvalue weighted by atomic mass is 10.0. The van der Waals surface area contributed by atoms with Crippen molar-refractivity contribution < 1.29 is 14.9 Å². The van der Waals surface area contributed by atoms with E-state index in [9.17, 15) is 10.2 Å². The van der Waals surface area contributed by atoms with Crippen LogP contribution in [0.25, 0.3) is 0 Å².